The standard InChI is InChI=1S/C19H21N3O2S/c1-12-16(13(2)24-21-12)11-25-19-20-17-10-6-5-9-15(17)18(23)22(19)14-7-3-4-8-14/h5-6,9-10,14H,3-4,7-8,11H2,1-2H3. The van der Waals surface area contributed by atoms with Crippen LogP contribution in [0.15, 0.2) is 38.7 Å². The van der Waals surface area contributed by atoms with Crippen LogP contribution in [-0.4, -0.2) is 14.7 Å². The van der Waals surface area contributed by atoms with Crippen LogP contribution in [0.2, 0.25) is 0 Å². The second-order valence-corrected chi connectivity index (χ2v) is 7.56. The number of thioether (sulfide) groups is 1. The first-order valence-electron chi connectivity index (χ1n) is 8.71. The van der Waals surface area contributed by atoms with Gasteiger partial charge in [-0.1, -0.05) is 41.9 Å². The molecule has 0 aliphatic heterocycles. The van der Waals surface area contributed by atoms with Gasteiger partial charge in [0.25, 0.3) is 5.56 Å². The van der Waals surface area contributed by atoms with Crippen molar-refractivity contribution in [3.05, 3.63) is 51.6 Å². The van der Waals surface area contributed by atoms with Crippen molar-refractivity contribution >= 4 is 22.7 Å². The summed E-state index contributed by atoms with van der Waals surface area (Å²) in [5.74, 6) is 1.54. The van der Waals surface area contributed by atoms with E-state index < -0.39 is 0 Å². The van der Waals surface area contributed by atoms with E-state index in [4.69, 9.17) is 9.51 Å². The number of aromatic nitrogens is 3. The number of hydrogen-bond donors (Lipinski definition) is 0. The molecule has 0 atom stereocenters. The molecule has 0 amide bonds. The van der Waals surface area contributed by atoms with Crippen LogP contribution in [0, 0.1) is 13.8 Å². The van der Waals surface area contributed by atoms with E-state index in [0.29, 0.717) is 11.1 Å². The van der Waals surface area contributed by atoms with Gasteiger partial charge in [-0.25, -0.2) is 4.98 Å². The Morgan fingerprint density at radius 1 is 1.24 bits per heavy atom. The van der Waals surface area contributed by atoms with Crippen molar-refractivity contribution in [1.82, 2.24) is 14.7 Å². The predicted molar refractivity (Wildman–Crippen MR) is 99.0 cm³/mol. The summed E-state index contributed by atoms with van der Waals surface area (Å²) >= 11 is 1.60. The molecule has 0 N–H and O–H groups in total. The maximum absolute atomic E-state index is 13.1. The highest BCUT2D eigenvalue weighted by Crippen LogP contribution is 2.33. The summed E-state index contributed by atoms with van der Waals surface area (Å²) in [7, 11) is 0. The first kappa shape index (κ1) is 16.4. The lowest BCUT2D eigenvalue weighted by molar-refractivity contribution is 0.392. The van der Waals surface area contributed by atoms with Gasteiger partial charge in [0.2, 0.25) is 0 Å². The van der Waals surface area contributed by atoms with E-state index in [-0.39, 0.29) is 11.6 Å². The normalized spacial score (nSPS) is 15.3. The van der Waals surface area contributed by atoms with Crippen LogP contribution in [0.5, 0.6) is 0 Å². The fraction of sp³-hybridized carbons (Fsp3) is 0.421. The van der Waals surface area contributed by atoms with Crippen LogP contribution < -0.4 is 5.56 Å². The third-order valence-electron chi connectivity index (χ3n) is 4.99. The van der Waals surface area contributed by atoms with Crippen LogP contribution in [0.3, 0.4) is 0 Å². The second-order valence-electron chi connectivity index (χ2n) is 6.62. The molecule has 2 aromatic heterocycles. The molecule has 0 saturated heterocycles. The number of para-hydroxylation sites is 1. The molecule has 1 aliphatic rings. The maximum atomic E-state index is 13.1. The average Bonchev–Trinajstić information content (AvgIpc) is 3.24. The minimum atomic E-state index is 0.0822. The Morgan fingerprint density at radius 3 is 2.72 bits per heavy atom. The van der Waals surface area contributed by atoms with E-state index in [9.17, 15) is 4.79 Å². The number of nitrogens with zero attached hydrogens (tertiary/aromatic N) is 3. The van der Waals surface area contributed by atoms with Gasteiger partial charge in [0.1, 0.15) is 5.76 Å². The summed E-state index contributed by atoms with van der Waals surface area (Å²) in [6.45, 7) is 3.87. The third-order valence-corrected chi connectivity index (χ3v) is 5.97. The molecular formula is C19H21N3O2S. The quantitative estimate of drug-likeness (QED) is 0.512. The Morgan fingerprint density at radius 2 is 2.00 bits per heavy atom. The molecule has 3 aromatic rings. The first-order chi connectivity index (χ1) is 12.1. The van der Waals surface area contributed by atoms with Gasteiger partial charge in [0, 0.05) is 17.4 Å². The van der Waals surface area contributed by atoms with E-state index in [2.05, 4.69) is 5.16 Å². The zero-order valence-corrected chi connectivity index (χ0v) is 15.3. The smallest absolute Gasteiger partial charge is 0.262 e. The van der Waals surface area contributed by atoms with E-state index in [1.54, 1.807) is 11.8 Å². The summed E-state index contributed by atoms with van der Waals surface area (Å²) in [4.78, 5) is 17.9. The summed E-state index contributed by atoms with van der Waals surface area (Å²) < 4.78 is 7.18. The van der Waals surface area contributed by atoms with E-state index in [0.717, 1.165) is 40.5 Å². The van der Waals surface area contributed by atoms with Crippen molar-refractivity contribution in [3.8, 4) is 0 Å². The Hall–Kier alpha value is -2.08. The average molecular weight is 355 g/mol. The molecule has 0 bridgehead atoms. The second kappa shape index (κ2) is 6.67. The zero-order chi connectivity index (χ0) is 17.4. The Bertz CT molecular complexity index is 951. The van der Waals surface area contributed by atoms with Crippen LogP contribution >= 0.6 is 11.8 Å². The predicted octanol–water partition coefficient (Wildman–Crippen LogP) is 4.41. The molecule has 1 saturated carbocycles. The molecule has 130 valence electrons. The molecule has 1 aliphatic carbocycles. The van der Waals surface area contributed by atoms with Crippen molar-refractivity contribution in [1.29, 1.82) is 0 Å². The van der Waals surface area contributed by atoms with E-state index in [1.807, 2.05) is 42.7 Å². The van der Waals surface area contributed by atoms with Gasteiger partial charge < -0.3 is 4.52 Å². The topological polar surface area (TPSA) is 60.9 Å². The molecule has 25 heavy (non-hydrogen) atoms. The van der Waals surface area contributed by atoms with Gasteiger partial charge in [0.15, 0.2) is 5.16 Å². The van der Waals surface area contributed by atoms with Crippen molar-refractivity contribution in [2.24, 2.45) is 0 Å². The summed E-state index contributed by atoms with van der Waals surface area (Å²) in [5, 5.41) is 5.52. The number of rotatable bonds is 4. The molecule has 0 unspecified atom stereocenters. The number of benzene rings is 1. The van der Waals surface area contributed by atoms with Gasteiger partial charge in [-0.2, -0.15) is 0 Å². The third kappa shape index (κ3) is 2.99. The summed E-state index contributed by atoms with van der Waals surface area (Å²) in [6.07, 6.45) is 4.47. The Labute approximate surface area is 150 Å². The van der Waals surface area contributed by atoms with E-state index >= 15 is 0 Å². The van der Waals surface area contributed by atoms with Crippen LogP contribution in [0.4, 0.5) is 0 Å². The summed E-state index contributed by atoms with van der Waals surface area (Å²) in [5.41, 5.74) is 2.84. The Kier molecular flexibility index (Phi) is 4.37. The molecule has 0 spiro atoms. The van der Waals surface area contributed by atoms with Crippen molar-refractivity contribution < 1.29 is 4.52 Å². The lowest BCUT2D eigenvalue weighted by atomic mass is 10.2. The van der Waals surface area contributed by atoms with Gasteiger partial charge in [0.05, 0.1) is 16.6 Å². The fourth-order valence-corrected chi connectivity index (χ4v) is 4.78. The molecule has 6 heteroatoms. The number of fused-ring (bicyclic) bond motifs is 1. The van der Waals surface area contributed by atoms with Gasteiger partial charge >= 0.3 is 0 Å². The first-order valence-corrected chi connectivity index (χ1v) is 9.69. The molecule has 4 rings (SSSR count). The van der Waals surface area contributed by atoms with Crippen LogP contribution in [-0.2, 0) is 5.75 Å². The lowest BCUT2D eigenvalue weighted by Gasteiger charge is -2.18. The van der Waals surface area contributed by atoms with Crippen LogP contribution in [0.1, 0.15) is 48.7 Å². The number of aryl methyl sites for hydroxylation is 2. The lowest BCUT2D eigenvalue weighted by Crippen LogP contribution is -2.26. The minimum Gasteiger partial charge on any atom is -0.361 e. The molecule has 1 aromatic carbocycles. The molecule has 1 fully saturated rings. The molecule has 0 radical (unpaired) electrons. The zero-order valence-electron chi connectivity index (χ0n) is 14.5. The minimum absolute atomic E-state index is 0.0822. The highest BCUT2D eigenvalue weighted by molar-refractivity contribution is 7.98. The van der Waals surface area contributed by atoms with Crippen molar-refractivity contribution in [2.75, 3.05) is 0 Å². The maximum Gasteiger partial charge on any atom is 0.262 e. The van der Waals surface area contributed by atoms with E-state index in [1.165, 1.54) is 12.8 Å². The highest BCUT2D eigenvalue weighted by atomic mass is 32.2. The highest BCUT2D eigenvalue weighted by Gasteiger charge is 2.23. The van der Waals surface area contributed by atoms with Crippen molar-refractivity contribution in [3.63, 3.8) is 0 Å². The largest absolute Gasteiger partial charge is 0.361 e. The molecular weight excluding hydrogens is 334 g/mol. The van der Waals surface area contributed by atoms with Gasteiger partial charge in [-0.05, 0) is 38.8 Å². The SMILES string of the molecule is Cc1noc(C)c1CSc1nc2ccccc2c(=O)n1C1CCCC1. The Balaban J connectivity index is 1.78. The number of hydrogen-bond acceptors (Lipinski definition) is 5. The van der Waals surface area contributed by atoms with Crippen LogP contribution in [0.25, 0.3) is 10.9 Å². The van der Waals surface area contributed by atoms with Gasteiger partial charge in [-0.3, -0.25) is 9.36 Å². The fourth-order valence-electron chi connectivity index (χ4n) is 3.56. The molecule has 5 nitrogen and oxygen atoms in total. The molecule has 2 heterocycles. The summed E-state index contributed by atoms with van der Waals surface area (Å²) in [6, 6.07) is 7.88. The van der Waals surface area contributed by atoms with Gasteiger partial charge in [-0.15, -0.1) is 0 Å². The van der Waals surface area contributed by atoms with Crippen molar-refractivity contribution in [2.45, 2.75) is 56.5 Å². The monoisotopic (exact) mass is 355 g/mol.